The van der Waals surface area contributed by atoms with E-state index in [1.165, 1.54) is 0 Å². The zero-order valence-corrected chi connectivity index (χ0v) is 10.3. The number of oxime groups is 1. The van der Waals surface area contributed by atoms with Crippen molar-refractivity contribution in [3.8, 4) is 0 Å². The molecule has 0 radical (unpaired) electrons. The molecule has 3 N–H and O–H groups in total. The Labute approximate surface area is 110 Å². The Kier molecular flexibility index (Phi) is 4.15. The second-order valence-electron chi connectivity index (χ2n) is 4.16. The van der Waals surface area contributed by atoms with Crippen LogP contribution in [0.4, 0.5) is 4.79 Å². The molecular weight excluding hydrogens is 246 g/mol. The van der Waals surface area contributed by atoms with E-state index in [9.17, 15) is 10.0 Å². The van der Waals surface area contributed by atoms with Gasteiger partial charge in [0, 0.05) is 6.42 Å². The molecule has 1 atom stereocenters. The van der Waals surface area contributed by atoms with Gasteiger partial charge in [-0.25, -0.2) is 4.79 Å². The molecule has 6 heteroatoms. The van der Waals surface area contributed by atoms with E-state index in [2.05, 4.69) is 5.16 Å². The smallest absolute Gasteiger partial charge is 0.339 e. The Morgan fingerprint density at radius 1 is 1.47 bits per heavy atom. The highest BCUT2D eigenvalue weighted by Gasteiger charge is 2.23. The van der Waals surface area contributed by atoms with E-state index in [-0.39, 0.29) is 0 Å². The van der Waals surface area contributed by atoms with Gasteiger partial charge < -0.3 is 10.6 Å². The van der Waals surface area contributed by atoms with Crippen molar-refractivity contribution in [1.82, 2.24) is 5.06 Å². The molecule has 0 saturated carbocycles. The predicted octanol–water partition coefficient (Wildman–Crippen LogP) is 1.66. The lowest BCUT2D eigenvalue weighted by Crippen LogP contribution is -2.39. The standard InChI is InChI=1S/C13H15N3O3/c14-13(17)16(18)12-7-6-11(8-12)15-19-9-10-4-2-1-3-5-10/h1-7,12,18H,8-9H2,(H2,14,17)/t12-/m0/s1. The van der Waals surface area contributed by atoms with E-state index >= 15 is 0 Å². The zero-order chi connectivity index (χ0) is 13.7. The summed E-state index contributed by atoms with van der Waals surface area (Å²) in [7, 11) is 0. The summed E-state index contributed by atoms with van der Waals surface area (Å²) in [6.45, 7) is 0.376. The molecule has 0 spiro atoms. The maximum atomic E-state index is 10.8. The maximum absolute atomic E-state index is 10.8. The first-order valence-electron chi connectivity index (χ1n) is 5.85. The summed E-state index contributed by atoms with van der Waals surface area (Å²) < 4.78 is 0. The summed E-state index contributed by atoms with van der Waals surface area (Å²) in [5.41, 5.74) is 6.64. The number of hydrogen-bond acceptors (Lipinski definition) is 4. The summed E-state index contributed by atoms with van der Waals surface area (Å²) in [6, 6.07) is 8.30. The summed E-state index contributed by atoms with van der Waals surface area (Å²) in [5.74, 6) is 0. The summed E-state index contributed by atoms with van der Waals surface area (Å²) >= 11 is 0. The van der Waals surface area contributed by atoms with Gasteiger partial charge in [-0.3, -0.25) is 5.21 Å². The lowest BCUT2D eigenvalue weighted by Gasteiger charge is -2.17. The number of urea groups is 1. The van der Waals surface area contributed by atoms with Gasteiger partial charge in [-0.1, -0.05) is 41.6 Å². The van der Waals surface area contributed by atoms with Gasteiger partial charge in [0.1, 0.15) is 6.61 Å². The number of carbonyl (C=O) groups is 1. The molecule has 0 unspecified atom stereocenters. The molecule has 0 aliphatic heterocycles. The van der Waals surface area contributed by atoms with Gasteiger partial charge >= 0.3 is 6.03 Å². The SMILES string of the molecule is NC(=O)N(O)[C@H]1C=CC(=NOCc2ccccc2)C1. The van der Waals surface area contributed by atoms with Crippen LogP contribution in [0.2, 0.25) is 0 Å². The molecule has 1 aliphatic carbocycles. The number of hydroxylamine groups is 2. The molecule has 0 aromatic heterocycles. The number of benzene rings is 1. The van der Waals surface area contributed by atoms with Crippen molar-refractivity contribution in [2.24, 2.45) is 10.9 Å². The molecule has 2 amide bonds. The first kappa shape index (κ1) is 13.1. The molecule has 2 rings (SSSR count). The lowest BCUT2D eigenvalue weighted by atomic mass is 10.2. The minimum absolute atomic E-state index is 0.376. The van der Waals surface area contributed by atoms with Gasteiger partial charge in [0.2, 0.25) is 0 Å². The topological polar surface area (TPSA) is 88.2 Å². The quantitative estimate of drug-likeness (QED) is 0.638. The van der Waals surface area contributed by atoms with Crippen LogP contribution < -0.4 is 5.73 Å². The number of amides is 2. The summed E-state index contributed by atoms with van der Waals surface area (Å²) in [5, 5.41) is 13.8. The van der Waals surface area contributed by atoms with Crippen LogP contribution in [0.25, 0.3) is 0 Å². The van der Waals surface area contributed by atoms with E-state index < -0.39 is 12.1 Å². The second-order valence-corrected chi connectivity index (χ2v) is 4.16. The Bertz CT molecular complexity index is 499. The van der Waals surface area contributed by atoms with E-state index in [0.717, 1.165) is 5.56 Å². The fraction of sp³-hybridized carbons (Fsp3) is 0.231. The highest BCUT2D eigenvalue weighted by molar-refractivity contribution is 5.97. The van der Waals surface area contributed by atoms with Crippen molar-refractivity contribution in [2.45, 2.75) is 19.1 Å². The minimum atomic E-state index is -0.888. The Balaban J connectivity index is 1.83. The van der Waals surface area contributed by atoms with E-state index in [0.29, 0.717) is 23.8 Å². The lowest BCUT2D eigenvalue weighted by molar-refractivity contribution is -0.0583. The van der Waals surface area contributed by atoms with Crippen LogP contribution in [0.15, 0.2) is 47.6 Å². The Morgan fingerprint density at radius 2 is 2.21 bits per heavy atom. The number of primary amides is 1. The molecule has 0 saturated heterocycles. The molecule has 19 heavy (non-hydrogen) atoms. The van der Waals surface area contributed by atoms with E-state index in [1.54, 1.807) is 12.2 Å². The Hall–Kier alpha value is -2.34. The van der Waals surface area contributed by atoms with Crippen LogP contribution >= 0.6 is 0 Å². The molecule has 0 heterocycles. The molecule has 6 nitrogen and oxygen atoms in total. The van der Waals surface area contributed by atoms with Crippen LogP contribution in [0, 0.1) is 0 Å². The highest BCUT2D eigenvalue weighted by Crippen LogP contribution is 2.13. The molecule has 100 valence electrons. The zero-order valence-electron chi connectivity index (χ0n) is 10.3. The van der Waals surface area contributed by atoms with Gasteiger partial charge in [0.05, 0.1) is 11.8 Å². The predicted molar refractivity (Wildman–Crippen MR) is 69.4 cm³/mol. The maximum Gasteiger partial charge on any atom is 0.339 e. The summed E-state index contributed by atoms with van der Waals surface area (Å²) in [4.78, 5) is 16.0. The number of allylic oxidation sites excluding steroid dienone is 1. The normalized spacial score (nSPS) is 19.6. The average Bonchev–Trinajstić information content (AvgIpc) is 2.88. The van der Waals surface area contributed by atoms with Crippen molar-refractivity contribution in [2.75, 3.05) is 0 Å². The largest absolute Gasteiger partial charge is 0.391 e. The molecule has 0 fully saturated rings. The van der Waals surface area contributed by atoms with Gasteiger partial charge in [-0.2, -0.15) is 5.06 Å². The number of carbonyl (C=O) groups excluding carboxylic acids is 1. The minimum Gasteiger partial charge on any atom is -0.391 e. The molecular formula is C13H15N3O3. The van der Waals surface area contributed by atoms with Gasteiger partial charge in [-0.15, -0.1) is 0 Å². The average molecular weight is 261 g/mol. The third-order valence-corrected chi connectivity index (χ3v) is 2.72. The fourth-order valence-corrected chi connectivity index (χ4v) is 1.74. The first-order chi connectivity index (χ1) is 9.16. The van der Waals surface area contributed by atoms with Crippen LogP contribution in [-0.4, -0.2) is 28.1 Å². The van der Waals surface area contributed by atoms with Crippen LogP contribution in [-0.2, 0) is 11.4 Å². The Morgan fingerprint density at radius 3 is 2.89 bits per heavy atom. The van der Waals surface area contributed by atoms with Crippen molar-refractivity contribution >= 4 is 11.7 Å². The highest BCUT2D eigenvalue weighted by atomic mass is 16.6. The summed E-state index contributed by atoms with van der Waals surface area (Å²) in [6.07, 6.45) is 3.73. The van der Waals surface area contributed by atoms with Crippen LogP contribution in [0.5, 0.6) is 0 Å². The number of nitrogens with two attached hydrogens (primary N) is 1. The molecule has 1 aromatic carbocycles. The second kappa shape index (κ2) is 6.01. The molecule has 0 bridgehead atoms. The van der Waals surface area contributed by atoms with E-state index in [1.807, 2.05) is 30.3 Å². The third-order valence-electron chi connectivity index (χ3n) is 2.72. The van der Waals surface area contributed by atoms with E-state index in [4.69, 9.17) is 10.6 Å². The van der Waals surface area contributed by atoms with Gasteiger partial charge in [0.25, 0.3) is 0 Å². The number of nitrogens with zero attached hydrogens (tertiary/aromatic N) is 2. The number of rotatable bonds is 4. The van der Waals surface area contributed by atoms with Crippen molar-refractivity contribution in [1.29, 1.82) is 0 Å². The van der Waals surface area contributed by atoms with Crippen LogP contribution in [0.1, 0.15) is 12.0 Å². The number of hydrogen-bond donors (Lipinski definition) is 2. The molecule has 1 aliphatic rings. The molecule has 1 aromatic rings. The van der Waals surface area contributed by atoms with Crippen molar-refractivity contribution in [3.05, 3.63) is 48.0 Å². The fourth-order valence-electron chi connectivity index (χ4n) is 1.74. The van der Waals surface area contributed by atoms with Crippen molar-refractivity contribution in [3.63, 3.8) is 0 Å². The third kappa shape index (κ3) is 3.56. The first-order valence-corrected chi connectivity index (χ1v) is 5.85. The monoisotopic (exact) mass is 261 g/mol. The van der Waals surface area contributed by atoms with Crippen LogP contribution in [0.3, 0.4) is 0 Å². The van der Waals surface area contributed by atoms with Gasteiger partial charge in [-0.05, 0) is 11.6 Å². The van der Waals surface area contributed by atoms with Gasteiger partial charge in [0.15, 0.2) is 0 Å². The van der Waals surface area contributed by atoms with Crippen molar-refractivity contribution < 1.29 is 14.8 Å².